The molecule has 1 aliphatic heterocycles. The number of ether oxygens (including phenoxy) is 4. The second-order valence-electron chi connectivity index (χ2n) is 7.15. The van der Waals surface area contributed by atoms with Crippen molar-refractivity contribution in [2.24, 2.45) is 0 Å². The van der Waals surface area contributed by atoms with Gasteiger partial charge in [-0.05, 0) is 43.7 Å². The topological polar surface area (TPSA) is 86.3 Å². The quantitative estimate of drug-likeness (QED) is 0.687. The van der Waals surface area contributed by atoms with Crippen molar-refractivity contribution in [2.75, 3.05) is 38.1 Å². The van der Waals surface area contributed by atoms with E-state index in [0.717, 1.165) is 12.8 Å². The monoisotopic (exact) mass is 428 g/mol. The first kappa shape index (κ1) is 22.3. The second-order valence-corrected chi connectivity index (χ2v) is 7.15. The molecule has 2 aromatic rings. The number of amides is 2. The molecule has 166 valence electrons. The maximum atomic E-state index is 12.9. The number of hydrogen-bond donors (Lipinski definition) is 1. The summed E-state index contributed by atoms with van der Waals surface area (Å²) < 4.78 is 21.7. The largest absolute Gasteiger partial charge is 0.493 e. The van der Waals surface area contributed by atoms with Crippen LogP contribution in [0, 0.1) is 0 Å². The van der Waals surface area contributed by atoms with Gasteiger partial charge in [0.25, 0.3) is 11.8 Å². The van der Waals surface area contributed by atoms with E-state index in [1.54, 1.807) is 42.2 Å². The van der Waals surface area contributed by atoms with Crippen molar-refractivity contribution in [2.45, 2.75) is 32.8 Å². The van der Waals surface area contributed by atoms with Gasteiger partial charge in [-0.25, -0.2) is 0 Å². The smallest absolute Gasteiger partial charge is 0.267 e. The zero-order chi connectivity index (χ0) is 22.5. The van der Waals surface area contributed by atoms with E-state index in [4.69, 9.17) is 18.9 Å². The van der Waals surface area contributed by atoms with E-state index >= 15 is 0 Å². The Hall–Kier alpha value is -3.42. The van der Waals surface area contributed by atoms with E-state index in [1.165, 1.54) is 21.3 Å². The van der Waals surface area contributed by atoms with Gasteiger partial charge in [0, 0.05) is 17.8 Å². The number of nitrogens with zero attached hydrogens (tertiary/aromatic N) is 1. The fourth-order valence-corrected chi connectivity index (χ4v) is 3.45. The molecule has 1 N–H and O–H groups in total. The van der Waals surface area contributed by atoms with Crippen LogP contribution in [0.1, 0.15) is 37.0 Å². The minimum Gasteiger partial charge on any atom is -0.493 e. The minimum absolute atomic E-state index is 0.0888. The Bertz CT molecular complexity index is 950. The standard InChI is InChI=1S/C23H28N2O6/c1-6-7-10-25-17-13-16(8-9-18(17)31-14(2)23(25)27)24-22(26)15-11-19(28-3)21(30-5)20(12-15)29-4/h8-9,11-14H,6-7,10H2,1-5H3,(H,24,26). The molecule has 0 fully saturated rings. The van der Waals surface area contributed by atoms with Gasteiger partial charge in [0.05, 0.1) is 27.0 Å². The van der Waals surface area contributed by atoms with E-state index in [9.17, 15) is 9.59 Å². The number of nitrogens with one attached hydrogen (secondary N) is 1. The molecule has 2 amide bonds. The lowest BCUT2D eigenvalue weighted by atomic mass is 10.1. The van der Waals surface area contributed by atoms with Gasteiger partial charge in [-0.2, -0.15) is 0 Å². The lowest BCUT2D eigenvalue weighted by Gasteiger charge is -2.33. The Balaban J connectivity index is 1.89. The average Bonchev–Trinajstić information content (AvgIpc) is 2.78. The zero-order valence-corrected chi connectivity index (χ0v) is 18.5. The number of unbranched alkanes of at least 4 members (excludes halogenated alkanes) is 1. The predicted molar refractivity (Wildman–Crippen MR) is 118 cm³/mol. The maximum Gasteiger partial charge on any atom is 0.267 e. The van der Waals surface area contributed by atoms with Crippen molar-refractivity contribution in [3.05, 3.63) is 35.9 Å². The number of rotatable bonds is 8. The van der Waals surface area contributed by atoms with Crippen LogP contribution in [0.4, 0.5) is 11.4 Å². The Morgan fingerprint density at radius 1 is 1.10 bits per heavy atom. The molecule has 1 unspecified atom stereocenters. The molecule has 0 aliphatic carbocycles. The normalized spacial score (nSPS) is 15.1. The van der Waals surface area contributed by atoms with Crippen molar-refractivity contribution in [3.63, 3.8) is 0 Å². The van der Waals surface area contributed by atoms with Gasteiger partial charge in [0.1, 0.15) is 5.75 Å². The number of hydrogen-bond acceptors (Lipinski definition) is 6. The summed E-state index contributed by atoms with van der Waals surface area (Å²) in [5.41, 5.74) is 1.54. The molecule has 31 heavy (non-hydrogen) atoms. The Kier molecular flexibility index (Phi) is 6.89. The summed E-state index contributed by atoms with van der Waals surface area (Å²) in [6.45, 7) is 4.41. The molecule has 2 aromatic carbocycles. The third-order valence-electron chi connectivity index (χ3n) is 5.09. The lowest BCUT2D eigenvalue weighted by molar-refractivity contribution is -0.125. The number of methoxy groups -OCH3 is 3. The van der Waals surface area contributed by atoms with Gasteiger partial charge < -0.3 is 29.2 Å². The molecular formula is C23H28N2O6. The number of carbonyl (C=O) groups excluding carboxylic acids is 2. The highest BCUT2D eigenvalue weighted by atomic mass is 16.5. The third-order valence-corrected chi connectivity index (χ3v) is 5.09. The van der Waals surface area contributed by atoms with Crippen LogP contribution in [-0.2, 0) is 4.79 Å². The Morgan fingerprint density at radius 2 is 1.77 bits per heavy atom. The first-order valence-corrected chi connectivity index (χ1v) is 10.2. The van der Waals surface area contributed by atoms with Crippen LogP contribution in [0.2, 0.25) is 0 Å². The fourth-order valence-electron chi connectivity index (χ4n) is 3.45. The van der Waals surface area contributed by atoms with E-state index in [-0.39, 0.29) is 11.8 Å². The summed E-state index contributed by atoms with van der Waals surface area (Å²) in [6, 6.07) is 8.43. The molecule has 1 aliphatic rings. The molecule has 0 bridgehead atoms. The van der Waals surface area contributed by atoms with Gasteiger partial charge >= 0.3 is 0 Å². The summed E-state index contributed by atoms with van der Waals surface area (Å²) in [6.07, 6.45) is 1.30. The van der Waals surface area contributed by atoms with Crippen molar-refractivity contribution in [3.8, 4) is 23.0 Å². The molecule has 8 nitrogen and oxygen atoms in total. The third kappa shape index (κ3) is 4.52. The zero-order valence-electron chi connectivity index (χ0n) is 18.5. The fraction of sp³-hybridized carbons (Fsp3) is 0.391. The Labute approximate surface area is 182 Å². The highest BCUT2D eigenvalue weighted by Gasteiger charge is 2.31. The van der Waals surface area contributed by atoms with Gasteiger partial charge in [0.2, 0.25) is 5.75 Å². The van der Waals surface area contributed by atoms with Gasteiger partial charge in [0.15, 0.2) is 17.6 Å². The van der Waals surface area contributed by atoms with E-state index < -0.39 is 6.10 Å². The summed E-state index contributed by atoms with van der Waals surface area (Å²) in [5.74, 6) is 1.36. The highest BCUT2D eigenvalue weighted by molar-refractivity contribution is 6.06. The highest BCUT2D eigenvalue weighted by Crippen LogP contribution is 2.39. The number of carbonyl (C=O) groups is 2. The molecular weight excluding hydrogens is 400 g/mol. The Morgan fingerprint density at radius 3 is 2.35 bits per heavy atom. The van der Waals surface area contributed by atoms with Gasteiger partial charge in [-0.15, -0.1) is 0 Å². The van der Waals surface area contributed by atoms with Crippen molar-refractivity contribution in [1.82, 2.24) is 0 Å². The van der Waals surface area contributed by atoms with Crippen LogP contribution in [0.3, 0.4) is 0 Å². The summed E-state index contributed by atoms with van der Waals surface area (Å²) in [7, 11) is 4.48. The van der Waals surface area contributed by atoms with Crippen LogP contribution >= 0.6 is 0 Å². The molecule has 0 saturated heterocycles. The average molecular weight is 428 g/mol. The van der Waals surface area contributed by atoms with E-state index in [1.807, 2.05) is 0 Å². The molecule has 0 spiro atoms. The summed E-state index contributed by atoms with van der Waals surface area (Å²) in [4.78, 5) is 27.3. The van der Waals surface area contributed by atoms with Crippen LogP contribution in [-0.4, -0.2) is 45.8 Å². The van der Waals surface area contributed by atoms with Crippen molar-refractivity contribution in [1.29, 1.82) is 0 Å². The van der Waals surface area contributed by atoms with Crippen LogP contribution in [0.15, 0.2) is 30.3 Å². The molecule has 1 heterocycles. The lowest BCUT2D eigenvalue weighted by Crippen LogP contribution is -2.44. The summed E-state index contributed by atoms with van der Waals surface area (Å²) in [5, 5.41) is 2.87. The van der Waals surface area contributed by atoms with Crippen LogP contribution in [0.5, 0.6) is 23.0 Å². The predicted octanol–water partition coefficient (Wildman–Crippen LogP) is 3.88. The van der Waals surface area contributed by atoms with Crippen molar-refractivity contribution < 1.29 is 28.5 Å². The van der Waals surface area contributed by atoms with Crippen LogP contribution < -0.4 is 29.2 Å². The maximum absolute atomic E-state index is 12.9. The first-order valence-electron chi connectivity index (χ1n) is 10.2. The molecule has 3 rings (SSSR count). The molecule has 0 aromatic heterocycles. The minimum atomic E-state index is -0.538. The van der Waals surface area contributed by atoms with Gasteiger partial charge in [-0.1, -0.05) is 13.3 Å². The molecule has 0 saturated carbocycles. The molecule has 0 radical (unpaired) electrons. The second kappa shape index (κ2) is 9.59. The first-order chi connectivity index (χ1) is 14.9. The van der Waals surface area contributed by atoms with E-state index in [2.05, 4.69) is 12.2 Å². The molecule has 1 atom stereocenters. The van der Waals surface area contributed by atoms with Crippen LogP contribution in [0.25, 0.3) is 0 Å². The SMILES string of the molecule is CCCCN1C(=O)C(C)Oc2ccc(NC(=O)c3cc(OC)c(OC)c(OC)c3)cc21. The number of anilines is 2. The number of benzene rings is 2. The molecule has 8 heteroatoms. The van der Waals surface area contributed by atoms with E-state index in [0.29, 0.717) is 46.5 Å². The van der Waals surface area contributed by atoms with Gasteiger partial charge in [-0.3, -0.25) is 9.59 Å². The van der Waals surface area contributed by atoms with Crippen molar-refractivity contribution >= 4 is 23.2 Å². The number of fused-ring (bicyclic) bond motifs is 1. The summed E-state index contributed by atoms with van der Waals surface area (Å²) >= 11 is 0.